The molecule has 0 spiro atoms. The number of nitrogens with zero attached hydrogens (tertiary/aromatic N) is 1. The zero-order chi connectivity index (χ0) is 15.1. The Morgan fingerprint density at radius 2 is 1.81 bits per heavy atom. The van der Waals surface area contributed by atoms with Gasteiger partial charge >= 0.3 is 0 Å². The summed E-state index contributed by atoms with van der Waals surface area (Å²) in [5, 5.41) is 3.63. The average molecular weight is 290 g/mol. The standard InChI is InChI=1S/C18H30N2O/c1-4-15(2)13-16(3)19-14-17-5-7-18(8-6-17)20-9-11-21-12-10-20/h5-8,15-16,19H,4,9-14H2,1-3H3. The second-order valence-electron chi connectivity index (χ2n) is 6.30. The van der Waals surface area contributed by atoms with Gasteiger partial charge in [-0.2, -0.15) is 0 Å². The van der Waals surface area contributed by atoms with Crippen molar-refractivity contribution in [3.8, 4) is 0 Å². The summed E-state index contributed by atoms with van der Waals surface area (Å²) >= 11 is 0. The molecule has 2 unspecified atom stereocenters. The van der Waals surface area contributed by atoms with E-state index in [2.05, 4.69) is 55.3 Å². The van der Waals surface area contributed by atoms with E-state index in [9.17, 15) is 0 Å². The smallest absolute Gasteiger partial charge is 0.0642 e. The minimum atomic E-state index is 0.582. The summed E-state index contributed by atoms with van der Waals surface area (Å²) in [4.78, 5) is 2.40. The van der Waals surface area contributed by atoms with E-state index in [0.29, 0.717) is 6.04 Å². The minimum absolute atomic E-state index is 0.582. The number of nitrogens with one attached hydrogen (secondary N) is 1. The Balaban J connectivity index is 1.79. The third kappa shape index (κ3) is 5.33. The SMILES string of the molecule is CCC(C)CC(C)NCc1ccc(N2CCOCC2)cc1. The molecule has 3 nitrogen and oxygen atoms in total. The zero-order valence-electron chi connectivity index (χ0n) is 13.8. The molecule has 1 aromatic carbocycles. The Morgan fingerprint density at radius 1 is 1.14 bits per heavy atom. The number of hydrogen-bond acceptors (Lipinski definition) is 3. The number of ether oxygens (including phenoxy) is 1. The fourth-order valence-corrected chi connectivity index (χ4v) is 2.79. The summed E-state index contributed by atoms with van der Waals surface area (Å²) < 4.78 is 5.40. The molecule has 0 amide bonds. The number of benzene rings is 1. The van der Waals surface area contributed by atoms with Gasteiger partial charge in [0, 0.05) is 31.4 Å². The normalized spacial score (nSPS) is 18.5. The minimum Gasteiger partial charge on any atom is -0.378 e. The molecule has 1 aliphatic heterocycles. The first-order chi connectivity index (χ1) is 10.2. The van der Waals surface area contributed by atoms with E-state index in [1.54, 1.807) is 0 Å². The van der Waals surface area contributed by atoms with Gasteiger partial charge in [0.15, 0.2) is 0 Å². The molecular formula is C18H30N2O. The molecule has 2 rings (SSSR count). The van der Waals surface area contributed by atoms with Gasteiger partial charge in [0.2, 0.25) is 0 Å². The third-order valence-corrected chi connectivity index (χ3v) is 4.42. The molecular weight excluding hydrogens is 260 g/mol. The molecule has 0 radical (unpaired) electrons. The van der Waals surface area contributed by atoms with Crippen LogP contribution in [0, 0.1) is 5.92 Å². The van der Waals surface area contributed by atoms with E-state index in [1.165, 1.54) is 24.1 Å². The highest BCUT2D eigenvalue weighted by molar-refractivity contribution is 5.47. The summed E-state index contributed by atoms with van der Waals surface area (Å²) in [5.74, 6) is 0.802. The monoisotopic (exact) mass is 290 g/mol. The first-order valence-corrected chi connectivity index (χ1v) is 8.34. The van der Waals surface area contributed by atoms with Crippen LogP contribution in [0.1, 0.15) is 39.2 Å². The van der Waals surface area contributed by atoms with Gasteiger partial charge in [-0.15, -0.1) is 0 Å². The van der Waals surface area contributed by atoms with Crippen LogP contribution in [0.5, 0.6) is 0 Å². The van der Waals surface area contributed by atoms with Crippen molar-refractivity contribution in [3.05, 3.63) is 29.8 Å². The molecule has 0 saturated carbocycles. The Kier molecular flexibility index (Phi) is 6.52. The maximum atomic E-state index is 5.40. The second-order valence-corrected chi connectivity index (χ2v) is 6.30. The molecule has 1 heterocycles. The highest BCUT2D eigenvalue weighted by atomic mass is 16.5. The average Bonchev–Trinajstić information content (AvgIpc) is 2.54. The Labute approximate surface area is 129 Å². The van der Waals surface area contributed by atoms with E-state index in [1.807, 2.05) is 0 Å². The van der Waals surface area contributed by atoms with E-state index < -0.39 is 0 Å². The lowest BCUT2D eigenvalue weighted by molar-refractivity contribution is 0.122. The van der Waals surface area contributed by atoms with Crippen LogP contribution in [0.3, 0.4) is 0 Å². The first-order valence-electron chi connectivity index (χ1n) is 8.34. The van der Waals surface area contributed by atoms with Gasteiger partial charge < -0.3 is 15.0 Å². The van der Waals surface area contributed by atoms with Gasteiger partial charge in [-0.1, -0.05) is 32.4 Å². The van der Waals surface area contributed by atoms with Crippen LogP contribution >= 0.6 is 0 Å². The molecule has 21 heavy (non-hydrogen) atoms. The van der Waals surface area contributed by atoms with Crippen LogP contribution in [0.4, 0.5) is 5.69 Å². The predicted molar refractivity (Wildman–Crippen MR) is 89.8 cm³/mol. The van der Waals surface area contributed by atoms with E-state index in [4.69, 9.17) is 4.74 Å². The summed E-state index contributed by atoms with van der Waals surface area (Å²) in [6, 6.07) is 9.55. The van der Waals surface area contributed by atoms with Gasteiger partial charge in [0.1, 0.15) is 0 Å². The molecule has 3 heteroatoms. The van der Waals surface area contributed by atoms with Gasteiger partial charge in [-0.25, -0.2) is 0 Å². The lowest BCUT2D eigenvalue weighted by Crippen LogP contribution is -2.36. The lowest BCUT2D eigenvalue weighted by Gasteiger charge is -2.29. The van der Waals surface area contributed by atoms with Crippen molar-refractivity contribution in [2.45, 2.75) is 46.2 Å². The van der Waals surface area contributed by atoms with Crippen molar-refractivity contribution in [2.24, 2.45) is 5.92 Å². The Hall–Kier alpha value is -1.06. The van der Waals surface area contributed by atoms with Crippen LogP contribution in [-0.4, -0.2) is 32.3 Å². The fraction of sp³-hybridized carbons (Fsp3) is 0.667. The van der Waals surface area contributed by atoms with Crippen molar-refractivity contribution >= 4 is 5.69 Å². The quantitative estimate of drug-likeness (QED) is 0.832. The van der Waals surface area contributed by atoms with Crippen LogP contribution < -0.4 is 10.2 Å². The fourth-order valence-electron chi connectivity index (χ4n) is 2.79. The van der Waals surface area contributed by atoms with Crippen LogP contribution in [0.15, 0.2) is 24.3 Å². The van der Waals surface area contributed by atoms with Crippen LogP contribution in [0.2, 0.25) is 0 Å². The van der Waals surface area contributed by atoms with Crippen molar-refractivity contribution in [3.63, 3.8) is 0 Å². The van der Waals surface area contributed by atoms with Gasteiger partial charge in [-0.05, 0) is 37.0 Å². The van der Waals surface area contributed by atoms with E-state index >= 15 is 0 Å². The Morgan fingerprint density at radius 3 is 2.43 bits per heavy atom. The van der Waals surface area contributed by atoms with Crippen molar-refractivity contribution in [2.75, 3.05) is 31.2 Å². The van der Waals surface area contributed by atoms with Crippen molar-refractivity contribution < 1.29 is 4.74 Å². The van der Waals surface area contributed by atoms with E-state index in [-0.39, 0.29) is 0 Å². The molecule has 1 aliphatic rings. The zero-order valence-corrected chi connectivity index (χ0v) is 13.8. The Bertz CT molecular complexity index is 398. The van der Waals surface area contributed by atoms with Gasteiger partial charge in [0.05, 0.1) is 13.2 Å². The number of hydrogen-bond donors (Lipinski definition) is 1. The molecule has 2 atom stereocenters. The predicted octanol–water partition coefficient (Wildman–Crippen LogP) is 3.44. The number of morpholine rings is 1. The first kappa shape index (κ1) is 16.3. The molecule has 1 N–H and O–H groups in total. The van der Waals surface area contributed by atoms with Crippen molar-refractivity contribution in [1.82, 2.24) is 5.32 Å². The summed E-state index contributed by atoms with van der Waals surface area (Å²) in [5.41, 5.74) is 2.68. The molecule has 118 valence electrons. The maximum absolute atomic E-state index is 5.40. The van der Waals surface area contributed by atoms with Crippen molar-refractivity contribution in [1.29, 1.82) is 0 Å². The summed E-state index contributed by atoms with van der Waals surface area (Å²) in [6.45, 7) is 11.5. The van der Waals surface area contributed by atoms with Gasteiger partial charge in [-0.3, -0.25) is 0 Å². The maximum Gasteiger partial charge on any atom is 0.0642 e. The third-order valence-electron chi connectivity index (χ3n) is 4.42. The van der Waals surface area contributed by atoms with Crippen LogP contribution in [0.25, 0.3) is 0 Å². The molecule has 0 aromatic heterocycles. The summed E-state index contributed by atoms with van der Waals surface area (Å²) in [7, 11) is 0. The molecule has 0 bridgehead atoms. The number of rotatable bonds is 7. The molecule has 0 aliphatic carbocycles. The van der Waals surface area contributed by atoms with Gasteiger partial charge in [0.25, 0.3) is 0 Å². The van der Waals surface area contributed by atoms with Crippen LogP contribution in [-0.2, 0) is 11.3 Å². The molecule has 1 aromatic rings. The second kappa shape index (κ2) is 8.40. The lowest BCUT2D eigenvalue weighted by atomic mass is 10.0. The topological polar surface area (TPSA) is 24.5 Å². The highest BCUT2D eigenvalue weighted by Gasteiger charge is 2.11. The largest absolute Gasteiger partial charge is 0.378 e. The number of anilines is 1. The highest BCUT2D eigenvalue weighted by Crippen LogP contribution is 2.17. The van der Waals surface area contributed by atoms with E-state index in [0.717, 1.165) is 38.8 Å². The molecule has 1 fully saturated rings. The molecule has 1 saturated heterocycles. The summed E-state index contributed by atoms with van der Waals surface area (Å²) in [6.07, 6.45) is 2.52.